The van der Waals surface area contributed by atoms with E-state index in [9.17, 15) is 9.59 Å². The smallest absolute Gasteiger partial charge is 0.265 e. The molecule has 0 saturated heterocycles. The Hall–Kier alpha value is -2.67. The molecule has 3 aromatic rings. The van der Waals surface area contributed by atoms with Crippen molar-refractivity contribution in [3.63, 3.8) is 0 Å². The number of hydrogen-bond acceptors (Lipinski definition) is 4. The van der Waals surface area contributed by atoms with Crippen LogP contribution in [0.3, 0.4) is 0 Å². The van der Waals surface area contributed by atoms with E-state index < -0.39 is 0 Å². The number of likely N-dealkylation sites (N-methyl/N-ethyl adjacent to an activating group) is 1. The molecule has 2 aromatic carbocycles. The highest BCUT2D eigenvalue weighted by Gasteiger charge is 2.18. The topological polar surface area (TPSA) is 61.4 Å². The maximum atomic E-state index is 12.6. The van der Waals surface area contributed by atoms with Crippen molar-refractivity contribution >= 4 is 40.4 Å². The molecule has 1 unspecified atom stereocenters. The van der Waals surface area contributed by atoms with Crippen molar-refractivity contribution in [3.8, 4) is 0 Å². The zero-order valence-corrected chi connectivity index (χ0v) is 17.8. The SMILES string of the molecule is CN(C)C(CNC(=O)c1ccc(NC(=O)c2cccs2)cc1)c1ccccc1Cl. The van der Waals surface area contributed by atoms with Gasteiger partial charge >= 0.3 is 0 Å². The molecule has 0 radical (unpaired) electrons. The van der Waals surface area contributed by atoms with Crippen LogP contribution in [0, 0.1) is 0 Å². The van der Waals surface area contributed by atoms with Crippen LogP contribution in [0.25, 0.3) is 0 Å². The molecule has 0 aliphatic heterocycles. The molecule has 29 heavy (non-hydrogen) atoms. The van der Waals surface area contributed by atoms with Crippen LogP contribution in [0.5, 0.6) is 0 Å². The van der Waals surface area contributed by atoms with Gasteiger partial charge in [-0.2, -0.15) is 0 Å². The first-order valence-corrected chi connectivity index (χ1v) is 10.4. The molecule has 0 spiro atoms. The zero-order valence-electron chi connectivity index (χ0n) is 16.2. The van der Waals surface area contributed by atoms with E-state index in [1.807, 2.05) is 54.7 Å². The standard InChI is InChI=1S/C22H22ClN3O2S/c1-26(2)19(17-6-3-4-7-18(17)23)14-24-21(27)15-9-11-16(12-10-15)25-22(28)20-8-5-13-29-20/h3-13,19H,14H2,1-2H3,(H,24,27)(H,25,28). The van der Waals surface area contributed by atoms with Crippen molar-refractivity contribution in [1.82, 2.24) is 10.2 Å². The number of halogens is 1. The number of hydrogen-bond donors (Lipinski definition) is 2. The number of carbonyl (C=O) groups is 2. The minimum atomic E-state index is -0.181. The first kappa shape index (κ1) is 21.0. The Kier molecular flexibility index (Phi) is 7.04. The van der Waals surface area contributed by atoms with E-state index in [4.69, 9.17) is 11.6 Å². The Labute approximate surface area is 179 Å². The predicted octanol–water partition coefficient (Wildman–Crippen LogP) is 4.69. The number of nitrogens with one attached hydrogen (secondary N) is 2. The average Bonchev–Trinajstić information content (AvgIpc) is 3.24. The minimum absolute atomic E-state index is 0.0444. The number of carbonyl (C=O) groups excluding carboxylic acids is 2. The van der Waals surface area contributed by atoms with Crippen LogP contribution in [-0.2, 0) is 0 Å². The van der Waals surface area contributed by atoms with Crippen LogP contribution < -0.4 is 10.6 Å². The van der Waals surface area contributed by atoms with Gasteiger partial charge in [0, 0.05) is 22.8 Å². The summed E-state index contributed by atoms with van der Waals surface area (Å²) >= 11 is 7.70. The Bertz CT molecular complexity index is 972. The van der Waals surface area contributed by atoms with Gasteiger partial charge in [-0.15, -0.1) is 11.3 Å². The third-order valence-corrected chi connectivity index (χ3v) is 5.71. The summed E-state index contributed by atoms with van der Waals surface area (Å²) in [6.07, 6.45) is 0. The molecule has 150 valence electrons. The van der Waals surface area contributed by atoms with Crippen molar-refractivity contribution in [2.45, 2.75) is 6.04 Å². The predicted molar refractivity (Wildman–Crippen MR) is 119 cm³/mol. The summed E-state index contributed by atoms with van der Waals surface area (Å²) in [5.74, 6) is -0.342. The third-order valence-electron chi connectivity index (χ3n) is 4.49. The van der Waals surface area contributed by atoms with Crippen LogP contribution in [0.2, 0.25) is 5.02 Å². The van der Waals surface area contributed by atoms with E-state index in [-0.39, 0.29) is 17.9 Å². The van der Waals surface area contributed by atoms with Gasteiger partial charge in [0.1, 0.15) is 0 Å². The van der Waals surface area contributed by atoms with E-state index in [1.165, 1.54) is 11.3 Å². The fourth-order valence-corrected chi connectivity index (χ4v) is 3.79. The highest BCUT2D eigenvalue weighted by Crippen LogP contribution is 2.25. The molecular formula is C22H22ClN3O2S. The first-order valence-electron chi connectivity index (χ1n) is 9.09. The van der Waals surface area contributed by atoms with E-state index in [0.29, 0.717) is 27.7 Å². The van der Waals surface area contributed by atoms with Gasteiger partial charge in [0.05, 0.1) is 10.9 Å². The van der Waals surface area contributed by atoms with E-state index in [2.05, 4.69) is 10.6 Å². The van der Waals surface area contributed by atoms with Gasteiger partial charge in [-0.1, -0.05) is 35.9 Å². The van der Waals surface area contributed by atoms with E-state index >= 15 is 0 Å². The number of anilines is 1. The molecule has 1 heterocycles. The molecule has 0 aliphatic carbocycles. The van der Waals surface area contributed by atoms with Gasteiger partial charge < -0.3 is 15.5 Å². The van der Waals surface area contributed by atoms with Crippen LogP contribution >= 0.6 is 22.9 Å². The number of benzene rings is 2. The summed E-state index contributed by atoms with van der Waals surface area (Å²) < 4.78 is 0. The summed E-state index contributed by atoms with van der Waals surface area (Å²) in [5, 5.41) is 8.31. The van der Waals surface area contributed by atoms with Crippen LogP contribution in [0.15, 0.2) is 66.0 Å². The van der Waals surface area contributed by atoms with Gasteiger partial charge in [0.25, 0.3) is 11.8 Å². The van der Waals surface area contributed by atoms with Crippen molar-refractivity contribution in [1.29, 1.82) is 0 Å². The highest BCUT2D eigenvalue weighted by atomic mass is 35.5. The van der Waals surface area contributed by atoms with Crippen molar-refractivity contribution in [2.75, 3.05) is 26.0 Å². The monoisotopic (exact) mass is 427 g/mol. The Balaban J connectivity index is 1.61. The normalized spacial score (nSPS) is 11.9. The van der Waals surface area contributed by atoms with Gasteiger partial charge in [-0.25, -0.2) is 0 Å². The molecule has 0 fully saturated rings. The second-order valence-electron chi connectivity index (χ2n) is 6.72. The quantitative estimate of drug-likeness (QED) is 0.575. The molecule has 5 nitrogen and oxygen atoms in total. The van der Waals surface area contributed by atoms with Crippen LogP contribution in [0.1, 0.15) is 31.6 Å². The van der Waals surface area contributed by atoms with Gasteiger partial charge in [0.15, 0.2) is 0 Å². The lowest BCUT2D eigenvalue weighted by Gasteiger charge is -2.26. The number of amides is 2. The number of nitrogens with zero attached hydrogens (tertiary/aromatic N) is 1. The zero-order chi connectivity index (χ0) is 20.8. The molecule has 1 atom stereocenters. The Morgan fingerprint density at radius 2 is 1.72 bits per heavy atom. The summed E-state index contributed by atoms with van der Waals surface area (Å²) in [6, 6.07) is 18.0. The van der Waals surface area contributed by atoms with Crippen LogP contribution in [-0.4, -0.2) is 37.4 Å². The molecule has 0 saturated carbocycles. The second-order valence-corrected chi connectivity index (χ2v) is 8.07. The fourth-order valence-electron chi connectivity index (χ4n) is 2.91. The maximum Gasteiger partial charge on any atom is 0.265 e. The van der Waals surface area contributed by atoms with Crippen molar-refractivity contribution in [2.24, 2.45) is 0 Å². The molecule has 2 N–H and O–H groups in total. The molecule has 0 bridgehead atoms. The van der Waals surface area contributed by atoms with Crippen molar-refractivity contribution in [3.05, 3.63) is 87.1 Å². The van der Waals surface area contributed by atoms with Gasteiger partial charge in [-0.3, -0.25) is 9.59 Å². The van der Waals surface area contributed by atoms with E-state index in [1.54, 1.807) is 30.3 Å². The Morgan fingerprint density at radius 1 is 1.00 bits per heavy atom. The molecule has 2 amide bonds. The molecule has 1 aromatic heterocycles. The van der Waals surface area contributed by atoms with Gasteiger partial charge in [0.2, 0.25) is 0 Å². The molecule has 7 heteroatoms. The molecular weight excluding hydrogens is 406 g/mol. The van der Waals surface area contributed by atoms with Gasteiger partial charge in [-0.05, 0) is 61.4 Å². The lowest BCUT2D eigenvalue weighted by atomic mass is 10.1. The summed E-state index contributed by atoms with van der Waals surface area (Å²) in [6.45, 7) is 0.423. The second kappa shape index (κ2) is 9.69. The summed E-state index contributed by atoms with van der Waals surface area (Å²) in [4.78, 5) is 27.3. The minimum Gasteiger partial charge on any atom is -0.350 e. The maximum absolute atomic E-state index is 12.6. The third kappa shape index (κ3) is 5.44. The lowest BCUT2D eigenvalue weighted by molar-refractivity contribution is 0.0941. The summed E-state index contributed by atoms with van der Waals surface area (Å²) in [7, 11) is 3.90. The van der Waals surface area contributed by atoms with Crippen LogP contribution in [0.4, 0.5) is 5.69 Å². The van der Waals surface area contributed by atoms with E-state index in [0.717, 1.165) is 5.56 Å². The average molecular weight is 428 g/mol. The number of thiophene rings is 1. The molecule has 0 aliphatic rings. The molecule has 3 rings (SSSR count). The lowest BCUT2D eigenvalue weighted by Crippen LogP contribution is -2.34. The fraction of sp³-hybridized carbons (Fsp3) is 0.182. The van der Waals surface area contributed by atoms with Crippen molar-refractivity contribution < 1.29 is 9.59 Å². The highest BCUT2D eigenvalue weighted by molar-refractivity contribution is 7.12. The number of rotatable bonds is 7. The first-order chi connectivity index (χ1) is 14.0. The Morgan fingerprint density at radius 3 is 2.34 bits per heavy atom. The summed E-state index contributed by atoms with van der Waals surface area (Å²) in [5.41, 5.74) is 2.13. The largest absolute Gasteiger partial charge is 0.350 e.